The van der Waals surface area contributed by atoms with Gasteiger partial charge in [-0.2, -0.15) is 0 Å². The van der Waals surface area contributed by atoms with Crippen molar-refractivity contribution in [2.75, 3.05) is 11.4 Å². The summed E-state index contributed by atoms with van der Waals surface area (Å²) in [5, 5.41) is 6.94. The van der Waals surface area contributed by atoms with E-state index in [9.17, 15) is 0 Å². The van der Waals surface area contributed by atoms with Crippen LogP contribution in [0.2, 0.25) is 0 Å². The lowest BCUT2D eigenvalue weighted by Gasteiger charge is -2.22. The Labute approximate surface area is 127 Å². The number of nitrogens with one attached hydrogen (secondary N) is 1. The first-order chi connectivity index (χ1) is 9.35. The van der Waals surface area contributed by atoms with E-state index >= 15 is 0 Å². The maximum atomic E-state index is 4.83. The summed E-state index contributed by atoms with van der Waals surface area (Å²) in [6.45, 7) is 13.2. The summed E-state index contributed by atoms with van der Waals surface area (Å²) in [4.78, 5) is 7.37. The van der Waals surface area contributed by atoms with E-state index in [1.807, 2.05) is 0 Å². The summed E-state index contributed by atoms with van der Waals surface area (Å²) in [6, 6.07) is 0.753. The van der Waals surface area contributed by atoms with Crippen LogP contribution in [0.1, 0.15) is 59.6 Å². The molecule has 1 N–H and O–H groups in total. The number of hydrogen-bond acceptors (Lipinski definition) is 4. The maximum absolute atomic E-state index is 4.83. The first kappa shape index (κ1) is 15.8. The molecule has 114 valence electrons. The van der Waals surface area contributed by atoms with Gasteiger partial charge in [-0.15, -0.1) is 11.3 Å². The minimum absolute atomic E-state index is 0.150. The fourth-order valence-corrected chi connectivity index (χ4v) is 3.01. The third-order valence-corrected chi connectivity index (χ3v) is 4.45. The molecule has 0 atom stereocenters. The Balaban J connectivity index is 1.94. The fraction of sp³-hybridized carbons (Fsp3) is 0.812. The van der Waals surface area contributed by atoms with E-state index in [1.54, 1.807) is 11.3 Å². The molecule has 1 fully saturated rings. The molecule has 3 nitrogen and oxygen atoms in total. The van der Waals surface area contributed by atoms with Crippen molar-refractivity contribution in [3.05, 3.63) is 11.1 Å². The lowest BCUT2D eigenvalue weighted by Crippen LogP contribution is -2.35. The second-order valence-electron chi connectivity index (χ2n) is 7.33. The second-order valence-corrected chi connectivity index (χ2v) is 8.17. The van der Waals surface area contributed by atoms with E-state index in [-0.39, 0.29) is 5.54 Å². The Hall–Kier alpha value is -0.610. The smallest absolute Gasteiger partial charge is 0.185 e. The van der Waals surface area contributed by atoms with Crippen molar-refractivity contribution in [1.29, 1.82) is 0 Å². The largest absolute Gasteiger partial charge is 0.345 e. The van der Waals surface area contributed by atoms with Gasteiger partial charge in [-0.1, -0.05) is 13.8 Å². The van der Waals surface area contributed by atoms with Gasteiger partial charge < -0.3 is 10.2 Å². The van der Waals surface area contributed by atoms with E-state index in [4.69, 9.17) is 4.98 Å². The Bertz CT molecular complexity index is 416. The van der Waals surface area contributed by atoms with Crippen molar-refractivity contribution in [2.45, 2.75) is 72.0 Å². The van der Waals surface area contributed by atoms with Gasteiger partial charge in [-0.3, -0.25) is 0 Å². The SMILES string of the molecule is CC(C)CCN(c1nc(CNC(C)(C)C)cs1)C1CC1. The minimum Gasteiger partial charge on any atom is -0.345 e. The molecule has 0 saturated heterocycles. The van der Waals surface area contributed by atoms with Gasteiger partial charge in [0.15, 0.2) is 5.13 Å². The molecule has 1 heterocycles. The molecule has 1 aromatic rings. The number of aromatic nitrogens is 1. The summed E-state index contributed by atoms with van der Waals surface area (Å²) >= 11 is 1.80. The summed E-state index contributed by atoms with van der Waals surface area (Å²) < 4.78 is 0. The number of anilines is 1. The molecule has 1 aromatic heterocycles. The summed E-state index contributed by atoms with van der Waals surface area (Å²) in [6.07, 6.45) is 3.94. The normalized spacial score (nSPS) is 15.9. The average molecular weight is 295 g/mol. The lowest BCUT2D eigenvalue weighted by molar-refractivity contribution is 0.422. The van der Waals surface area contributed by atoms with Gasteiger partial charge in [0, 0.05) is 30.1 Å². The van der Waals surface area contributed by atoms with Crippen molar-refractivity contribution >= 4 is 16.5 Å². The van der Waals surface area contributed by atoms with E-state index in [0.717, 1.165) is 25.0 Å². The molecule has 0 amide bonds. The van der Waals surface area contributed by atoms with Gasteiger partial charge in [0.25, 0.3) is 0 Å². The zero-order chi connectivity index (χ0) is 14.8. The highest BCUT2D eigenvalue weighted by molar-refractivity contribution is 7.13. The van der Waals surface area contributed by atoms with Crippen LogP contribution in [-0.2, 0) is 6.54 Å². The van der Waals surface area contributed by atoms with Crippen LogP contribution in [0, 0.1) is 5.92 Å². The highest BCUT2D eigenvalue weighted by Gasteiger charge is 2.30. The standard InChI is InChI=1S/C16H29N3S/c1-12(2)8-9-19(14-6-7-14)15-18-13(11-20-15)10-17-16(3,4)5/h11-12,14,17H,6-10H2,1-5H3. The molecule has 1 saturated carbocycles. The molecule has 0 radical (unpaired) electrons. The number of rotatable bonds is 7. The lowest BCUT2D eigenvalue weighted by atomic mass is 10.1. The zero-order valence-corrected chi connectivity index (χ0v) is 14.4. The Kier molecular flexibility index (Phi) is 5.08. The third kappa shape index (κ3) is 5.06. The number of nitrogens with zero attached hydrogens (tertiary/aromatic N) is 2. The van der Waals surface area contributed by atoms with Gasteiger partial charge in [0.05, 0.1) is 5.69 Å². The quantitative estimate of drug-likeness (QED) is 0.822. The van der Waals surface area contributed by atoms with Crippen LogP contribution >= 0.6 is 11.3 Å². The van der Waals surface area contributed by atoms with Crippen LogP contribution < -0.4 is 10.2 Å². The molecule has 0 bridgehead atoms. The van der Waals surface area contributed by atoms with Crippen LogP contribution in [0.5, 0.6) is 0 Å². The molecule has 20 heavy (non-hydrogen) atoms. The molecule has 1 aliphatic rings. The minimum atomic E-state index is 0.150. The summed E-state index contributed by atoms with van der Waals surface area (Å²) in [7, 11) is 0. The molecule has 4 heteroatoms. The molecular formula is C16H29N3S. The van der Waals surface area contributed by atoms with E-state index in [2.05, 4.69) is 50.2 Å². The monoisotopic (exact) mass is 295 g/mol. The number of thiazole rings is 1. The molecule has 0 aromatic carbocycles. The van der Waals surface area contributed by atoms with Crippen molar-refractivity contribution < 1.29 is 0 Å². The van der Waals surface area contributed by atoms with Crippen LogP contribution in [0.15, 0.2) is 5.38 Å². The van der Waals surface area contributed by atoms with Crippen molar-refractivity contribution in [1.82, 2.24) is 10.3 Å². The topological polar surface area (TPSA) is 28.2 Å². The van der Waals surface area contributed by atoms with Gasteiger partial charge in [0.2, 0.25) is 0 Å². The molecule has 0 aliphatic heterocycles. The Morgan fingerprint density at radius 3 is 2.65 bits per heavy atom. The zero-order valence-electron chi connectivity index (χ0n) is 13.6. The van der Waals surface area contributed by atoms with Gasteiger partial charge >= 0.3 is 0 Å². The van der Waals surface area contributed by atoms with Crippen LogP contribution in [0.25, 0.3) is 0 Å². The highest BCUT2D eigenvalue weighted by atomic mass is 32.1. The van der Waals surface area contributed by atoms with E-state index in [1.165, 1.54) is 30.1 Å². The Morgan fingerprint density at radius 2 is 2.10 bits per heavy atom. The molecular weight excluding hydrogens is 266 g/mol. The summed E-state index contributed by atoms with van der Waals surface area (Å²) in [5.41, 5.74) is 1.33. The first-order valence-electron chi connectivity index (χ1n) is 7.81. The summed E-state index contributed by atoms with van der Waals surface area (Å²) in [5.74, 6) is 0.762. The van der Waals surface area contributed by atoms with Crippen LogP contribution in [0.3, 0.4) is 0 Å². The maximum Gasteiger partial charge on any atom is 0.185 e. The van der Waals surface area contributed by atoms with Crippen LogP contribution in [-0.4, -0.2) is 23.1 Å². The second kappa shape index (κ2) is 6.44. The van der Waals surface area contributed by atoms with E-state index in [0.29, 0.717) is 0 Å². The van der Waals surface area contributed by atoms with E-state index < -0.39 is 0 Å². The van der Waals surface area contributed by atoms with Crippen molar-refractivity contribution in [2.24, 2.45) is 5.92 Å². The van der Waals surface area contributed by atoms with Gasteiger partial charge in [0.1, 0.15) is 0 Å². The first-order valence-corrected chi connectivity index (χ1v) is 8.69. The molecule has 0 spiro atoms. The van der Waals surface area contributed by atoms with Crippen molar-refractivity contribution in [3.63, 3.8) is 0 Å². The molecule has 1 aliphatic carbocycles. The van der Waals surface area contributed by atoms with Gasteiger partial charge in [-0.05, 0) is 46.0 Å². The molecule has 0 unspecified atom stereocenters. The van der Waals surface area contributed by atoms with Gasteiger partial charge in [-0.25, -0.2) is 4.98 Å². The van der Waals surface area contributed by atoms with Crippen LogP contribution in [0.4, 0.5) is 5.13 Å². The number of hydrogen-bond donors (Lipinski definition) is 1. The van der Waals surface area contributed by atoms with Crippen molar-refractivity contribution in [3.8, 4) is 0 Å². The third-order valence-electron chi connectivity index (χ3n) is 3.52. The predicted octanol–water partition coefficient (Wildman–Crippen LogP) is 4.05. The predicted molar refractivity (Wildman–Crippen MR) is 88.5 cm³/mol. The average Bonchev–Trinajstić information content (AvgIpc) is 3.04. The molecule has 2 rings (SSSR count). The highest BCUT2D eigenvalue weighted by Crippen LogP contribution is 2.34. The fourth-order valence-electron chi connectivity index (χ4n) is 2.08. The Morgan fingerprint density at radius 1 is 1.40 bits per heavy atom.